The van der Waals surface area contributed by atoms with Crippen molar-refractivity contribution in [1.82, 2.24) is 14.5 Å². The molecule has 0 bridgehead atoms. The van der Waals surface area contributed by atoms with E-state index in [-0.39, 0.29) is 6.04 Å². The predicted molar refractivity (Wildman–Crippen MR) is 123 cm³/mol. The number of aryl methyl sites for hydroxylation is 2. The zero-order valence-corrected chi connectivity index (χ0v) is 18.5. The first-order valence-corrected chi connectivity index (χ1v) is 10.7. The van der Waals surface area contributed by atoms with Gasteiger partial charge < -0.3 is 23.8 Å². The summed E-state index contributed by atoms with van der Waals surface area (Å²) in [6.45, 7) is 5.94. The number of morpholine rings is 1. The summed E-state index contributed by atoms with van der Waals surface area (Å²) in [5, 5.41) is 4.34. The fraction of sp³-hybridized carbons (Fsp3) is 0.280. The molecule has 0 spiro atoms. The molecule has 5 rings (SSSR count). The minimum atomic E-state index is 0.108. The molecule has 1 fully saturated rings. The Morgan fingerprint density at radius 1 is 1.12 bits per heavy atom. The van der Waals surface area contributed by atoms with Crippen molar-refractivity contribution in [1.29, 1.82) is 0 Å². The Bertz CT molecular complexity index is 1180. The highest BCUT2D eigenvalue weighted by Crippen LogP contribution is 2.31. The van der Waals surface area contributed by atoms with Crippen LogP contribution in [-0.4, -0.2) is 47.2 Å². The lowest BCUT2D eigenvalue weighted by molar-refractivity contribution is 0.0349. The van der Waals surface area contributed by atoms with E-state index in [1.807, 2.05) is 42.0 Å². The van der Waals surface area contributed by atoms with E-state index < -0.39 is 0 Å². The highest BCUT2D eigenvalue weighted by atomic mass is 16.6. The summed E-state index contributed by atoms with van der Waals surface area (Å²) in [7, 11) is 1.67. The van der Waals surface area contributed by atoms with Gasteiger partial charge in [0, 0.05) is 6.20 Å². The number of nitrogens with zero attached hydrogens (tertiary/aromatic N) is 4. The van der Waals surface area contributed by atoms with Gasteiger partial charge in [-0.2, -0.15) is 0 Å². The fourth-order valence-electron chi connectivity index (χ4n) is 4.10. The molecule has 0 N–H and O–H groups in total. The first-order chi connectivity index (χ1) is 15.6. The quantitative estimate of drug-likeness (QED) is 0.619. The molecular weight excluding hydrogens is 404 g/mol. The number of hydrogen-bond acceptors (Lipinski definition) is 6. The Hall–Kier alpha value is -3.74. The maximum Gasteiger partial charge on any atom is 0.211 e. The Morgan fingerprint density at radius 2 is 1.97 bits per heavy atom. The molecule has 32 heavy (non-hydrogen) atoms. The number of ether oxygens (including phenoxy) is 2. The number of benzene rings is 2. The molecule has 2 aromatic carbocycles. The highest BCUT2D eigenvalue weighted by molar-refractivity contribution is 6.01. The van der Waals surface area contributed by atoms with E-state index in [2.05, 4.69) is 46.2 Å². The molecule has 7 heteroatoms. The molecule has 2 aliphatic rings. The molecule has 2 aliphatic heterocycles. The van der Waals surface area contributed by atoms with Crippen molar-refractivity contribution in [3.05, 3.63) is 83.1 Å². The normalized spacial score (nSPS) is 19.1. The smallest absolute Gasteiger partial charge is 0.211 e. The molecule has 164 valence electrons. The van der Waals surface area contributed by atoms with Crippen LogP contribution in [0, 0.1) is 13.8 Å². The molecule has 1 aromatic heterocycles. The second kappa shape index (κ2) is 8.42. The van der Waals surface area contributed by atoms with E-state index in [0.29, 0.717) is 19.0 Å². The number of rotatable bonds is 4. The number of amidine groups is 1. The van der Waals surface area contributed by atoms with Crippen molar-refractivity contribution in [2.45, 2.75) is 19.9 Å². The summed E-state index contributed by atoms with van der Waals surface area (Å²) in [6, 6.07) is 14.7. The van der Waals surface area contributed by atoms with Gasteiger partial charge in [0.15, 0.2) is 5.76 Å². The van der Waals surface area contributed by atoms with Gasteiger partial charge in [0.1, 0.15) is 19.0 Å². The van der Waals surface area contributed by atoms with Crippen LogP contribution in [0.15, 0.2) is 65.9 Å². The summed E-state index contributed by atoms with van der Waals surface area (Å²) < 4.78 is 13.6. The lowest BCUT2D eigenvalue weighted by Gasteiger charge is -2.39. The number of methoxy groups -OCH3 is 1. The molecule has 0 aliphatic carbocycles. The third-order valence-electron chi connectivity index (χ3n) is 5.80. The summed E-state index contributed by atoms with van der Waals surface area (Å²) in [4.78, 5) is 12.2. The number of imidazole rings is 1. The first-order valence-electron chi connectivity index (χ1n) is 10.7. The highest BCUT2D eigenvalue weighted by Gasteiger charge is 2.34. The van der Waals surface area contributed by atoms with Crippen LogP contribution in [0.4, 0.5) is 0 Å². The van der Waals surface area contributed by atoms with Crippen LogP contribution >= 0.6 is 0 Å². The van der Waals surface area contributed by atoms with Crippen LogP contribution in [0.5, 0.6) is 5.75 Å². The minimum absolute atomic E-state index is 0.108. The maximum atomic E-state index is 6.00. The van der Waals surface area contributed by atoms with E-state index in [4.69, 9.17) is 14.3 Å². The molecule has 0 saturated carbocycles. The van der Waals surface area contributed by atoms with Crippen LogP contribution in [0.2, 0.25) is 0 Å². The van der Waals surface area contributed by atoms with Crippen LogP contribution in [0.25, 0.3) is 11.8 Å². The van der Waals surface area contributed by atoms with Gasteiger partial charge in [-0.25, -0.2) is 4.98 Å². The van der Waals surface area contributed by atoms with Crippen molar-refractivity contribution in [2.24, 2.45) is 5.16 Å². The largest absolute Gasteiger partial charge is 0.495 e. The fourth-order valence-corrected chi connectivity index (χ4v) is 4.10. The molecule has 3 aromatic rings. The zero-order valence-electron chi connectivity index (χ0n) is 18.5. The molecule has 1 saturated heterocycles. The first kappa shape index (κ1) is 20.2. The molecule has 0 amide bonds. The standard InChI is InChI=1S/C25H26N4O3/c1-17-4-7-20(8-5-17)22-15-32-27-25-24(31-11-10-29(22)25)13-19-6-9-21(23(12-19)30-3)28-14-18(2)26-16-28/h4-9,12-14,16,22H,10-11,15H2,1-3H3/b24-13-. The third-order valence-corrected chi connectivity index (χ3v) is 5.80. The van der Waals surface area contributed by atoms with Gasteiger partial charge in [-0.05, 0) is 43.2 Å². The predicted octanol–water partition coefficient (Wildman–Crippen LogP) is 4.26. The van der Waals surface area contributed by atoms with Crippen LogP contribution in [0.1, 0.15) is 28.4 Å². The molecule has 1 unspecified atom stereocenters. The third kappa shape index (κ3) is 3.82. The lowest BCUT2D eigenvalue weighted by atomic mass is 10.0. The second-order valence-electron chi connectivity index (χ2n) is 8.04. The van der Waals surface area contributed by atoms with Gasteiger partial charge in [0.05, 0.1) is 37.4 Å². The number of fused-ring (bicyclic) bond motifs is 1. The zero-order chi connectivity index (χ0) is 22.1. The Morgan fingerprint density at radius 3 is 2.72 bits per heavy atom. The molecule has 7 nitrogen and oxygen atoms in total. The van der Waals surface area contributed by atoms with E-state index in [0.717, 1.165) is 35.1 Å². The molecular formula is C25H26N4O3. The number of oxime groups is 1. The topological polar surface area (TPSA) is 61.1 Å². The number of hydrogen-bond donors (Lipinski definition) is 0. The average Bonchev–Trinajstić information content (AvgIpc) is 3.25. The van der Waals surface area contributed by atoms with E-state index in [1.54, 1.807) is 13.4 Å². The Labute approximate surface area is 187 Å². The summed E-state index contributed by atoms with van der Waals surface area (Å²) in [5.41, 5.74) is 5.29. The summed E-state index contributed by atoms with van der Waals surface area (Å²) in [5.74, 6) is 2.17. The van der Waals surface area contributed by atoms with E-state index >= 15 is 0 Å². The van der Waals surface area contributed by atoms with Crippen LogP contribution in [0.3, 0.4) is 0 Å². The van der Waals surface area contributed by atoms with Crippen LogP contribution in [-0.2, 0) is 9.57 Å². The SMILES string of the molecule is COc1cc(/C=C2\OCCN3C2=NOCC3c2ccc(C)cc2)ccc1-n1cnc(C)c1. The minimum Gasteiger partial charge on any atom is -0.495 e. The summed E-state index contributed by atoms with van der Waals surface area (Å²) in [6.07, 6.45) is 5.74. The molecule has 0 radical (unpaired) electrons. The van der Waals surface area contributed by atoms with Gasteiger partial charge in [-0.15, -0.1) is 0 Å². The van der Waals surface area contributed by atoms with Crippen molar-refractivity contribution >= 4 is 11.9 Å². The summed E-state index contributed by atoms with van der Waals surface area (Å²) >= 11 is 0. The molecule has 1 atom stereocenters. The second-order valence-corrected chi connectivity index (χ2v) is 8.04. The monoisotopic (exact) mass is 430 g/mol. The van der Waals surface area contributed by atoms with Crippen molar-refractivity contribution in [3.63, 3.8) is 0 Å². The van der Waals surface area contributed by atoms with Gasteiger partial charge in [0.25, 0.3) is 0 Å². The maximum absolute atomic E-state index is 6.00. The van der Waals surface area contributed by atoms with Crippen LogP contribution < -0.4 is 4.74 Å². The Kier molecular flexibility index (Phi) is 5.31. The average molecular weight is 431 g/mol. The van der Waals surface area contributed by atoms with Gasteiger partial charge in [-0.3, -0.25) is 0 Å². The Balaban J connectivity index is 1.45. The van der Waals surface area contributed by atoms with E-state index in [9.17, 15) is 0 Å². The number of aromatic nitrogens is 2. The van der Waals surface area contributed by atoms with Crippen molar-refractivity contribution in [2.75, 3.05) is 26.9 Å². The van der Waals surface area contributed by atoms with E-state index in [1.165, 1.54) is 11.1 Å². The van der Waals surface area contributed by atoms with Gasteiger partial charge in [0.2, 0.25) is 5.84 Å². The van der Waals surface area contributed by atoms with Crippen molar-refractivity contribution < 1.29 is 14.3 Å². The molecule has 3 heterocycles. The van der Waals surface area contributed by atoms with Gasteiger partial charge >= 0.3 is 0 Å². The van der Waals surface area contributed by atoms with Gasteiger partial charge in [-0.1, -0.05) is 41.1 Å². The lowest BCUT2D eigenvalue weighted by Crippen LogP contribution is -2.46. The van der Waals surface area contributed by atoms with Crippen molar-refractivity contribution in [3.8, 4) is 11.4 Å².